The Balaban J connectivity index is 1.79. The van der Waals surface area contributed by atoms with Crippen molar-refractivity contribution in [2.45, 2.75) is 26.3 Å². The topological polar surface area (TPSA) is 54.0 Å². The average Bonchev–Trinajstić information content (AvgIpc) is 2.70. The lowest BCUT2D eigenvalue weighted by molar-refractivity contribution is 0.0949. The molecule has 1 aromatic heterocycles. The SMILES string of the molecule is CC(C)c1cc(Nc2cc(Cl)ccc2F)ncc1C(=O)NCc1ccc(F)cc1. The molecule has 0 aliphatic carbocycles. The number of carbonyl (C=O) groups is 1. The third-order valence-electron chi connectivity index (χ3n) is 4.36. The number of rotatable bonds is 6. The van der Waals surface area contributed by atoms with Crippen molar-refractivity contribution in [2.75, 3.05) is 5.32 Å². The average molecular weight is 416 g/mol. The van der Waals surface area contributed by atoms with Gasteiger partial charge in [0.25, 0.3) is 5.91 Å². The molecule has 2 aromatic carbocycles. The summed E-state index contributed by atoms with van der Waals surface area (Å²) in [5.74, 6) is -0.626. The molecule has 3 aromatic rings. The highest BCUT2D eigenvalue weighted by Crippen LogP contribution is 2.26. The Morgan fingerprint density at radius 3 is 2.52 bits per heavy atom. The summed E-state index contributed by atoms with van der Waals surface area (Å²) in [6, 6.07) is 11.8. The number of halogens is 3. The lowest BCUT2D eigenvalue weighted by atomic mass is 9.98. The van der Waals surface area contributed by atoms with Gasteiger partial charge in [-0.15, -0.1) is 0 Å². The van der Waals surface area contributed by atoms with E-state index in [9.17, 15) is 13.6 Å². The monoisotopic (exact) mass is 415 g/mol. The summed E-state index contributed by atoms with van der Waals surface area (Å²) in [6.45, 7) is 4.18. The molecule has 0 unspecified atom stereocenters. The van der Waals surface area contributed by atoms with Crippen LogP contribution >= 0.6 is 11.6 Å². The Labute approximate surface area is 172 Å². The zero-order valence-electron chi connectivity index (χ0n) is 16.0. The molecule has 0 aliphatic heterocycles. The molecule has 0 atom stereocenters. The van der Waals surface area contributed by atoms with Crippen molar-refractivity contribution in [1.29, 1.82) is 0 Å². The van der Waals surface area contributed by atoms with Crippen LogP contribution in [0.5, 0.6) is 0 Å². The van der Waals surface area contributed by atoms with Crippen molar-refractivity contribution >= 4 is 29.0 Å². The number of pyridine rings is 1. The Morgan fingerprint density at radius 2 is 1.83 bits per heavy atom. The zero-order valence-corrected chi connectivity index (χ0v) is 16.7. The van der Waals surface area contributed by atoms with E-state index in [4.69, 9.17) is 11.6 Å². The van der Waals surface area contributed by atoms with Crippen molar-refractivity contribution in [3.63, 3.8) is 0 Å². The summed E-state index contributed by atoms with van der Waals surface area (Å²) in [4.78, 5) is 16.9. The van der Waals surface area contributed by atoms with E-state index < -0.39 is 5.82 Å². The number of benzene rings is 2. The van der Waals surface area contributed by atoms with Crippen LogP contribution in [-0.2, 0) is 6.54 Å². The van der Waals surface area contributed by atoms with Gasteiger partial charge >= 0.3 is 0 Å². The van der Waals surface area contributed by atoms with E-state index in [0.717, 1.165) is 11.1 Å². The molecular formula is C22H20ClF2N3O. The molecule has 0 fully saturated rings. The number of nitrogens with zero attached hydrogens (tertiary/aromatic N) is 1. The van der Waals surface area contributed by atoms with Gasteiger partial charge in [-0.3, -0.25) is 4.79 Å². The van der Waals surface area contributed by atoms with Gasteiger partial charge in [0.1, 0.15) is 17.5 Å². The molecule has 150 valence electrons. The second kappa shape index (κ2) is 9.01. The summed E-state index contributed by atoms with van der Waals surface area (Å²) in [5, 5.41) is 6.11. The van der Waals surface area contributed by atoms with Gasteiger partial charge in [0.05, 0.1) is 11.3 Å². The zero-order chi connectivity index (χ0) is 21.0. The molecule has 0 saturated carbocycles. The maximum Gasteiger partial charge on any atom is 0.253 e. The summed E-state index contributed by atoms with van der Waals surface area (Å²) in [6.07, 6.45) is 1.46. The van der Waals surface area contributed by atoms with Gasteiger partial charge in [0, 0.05) is 17.8 Å². The maximum absolute atomic E-state index is 14.0. The number of amides is 1. The van der Waals surface area contributed by atoms with Crippen LogP contribution < -0.4 is 10.6 Å². The Kier molecular flexibility index (Phi) is 6.44. The maximum atomic E-state index is 14.0. The summed E-state index contributed by atoms with van der Waals surface area (Å²) >= 11 is 5.92. The van der Waals surface area contributed by atoms with Gasteiger partial charge in [-0.1, -0.05) is 37.6 Å². The molecule has 0 saturated heterocycles. The second-order valence-corrected chi connectivity index (χ2v) is 7.31. The van der Waals surface area contributed by atoms with E-state index in [1.165, 1.54) is 36.5 Å². The first kappa shape index (κ1) is 20.7. The molecule has 2 N–H and O–H groups in total. The molecule has 7 heteroatoms. The predicted molar refractivity (Wildman–Crippen MR) is 111 cm³/mol. The fourth-order valence-corrected chi connectivity index (χ4v) is 2.99. The minimum Gasteiger partial charge on any atom is -0.348 e. The van der Waals surface area contributed by atoms with Gasteiger partial charge in [-0.05, 0) is 53.4 Å². The van der Waals surface area contributed by atoms with Crippen molar-refractivity contribution in [1.82, 2.24) is 10.3 Å². The molecule has 3 rings (SSSR count). The van der Waals surface area contributed by atoms with E-state index in [2.05, 4.69) is 15.6 Å². The van der Waals surface area contributed by atoms with Crippen molar-refractivity contribution in [3.05, 3.63) is 88.1 Å². The normalized spacial score (nSPS) is 10.8. The van der Waals surface area contributed by atoms with Gasteiger partial charge < -0.3 is 10.6 Å². The third-order valence-corrected chi connectivity index (χ3v) is 4.60. The highest BCUT2D eigenvalue weighted by Gasteiger charge is 2.16. The lowest BCUT2D eigenvalue weighted by Crippen LogP contribution is -2.24. The van der Waals surface area contributed by atoms with Crippen LogP contribution in [0, 0.1) is 11.6 Å². The molecular weight excluding hydrogens is 396 g/mol. The van der Waals surface area contributed by atoms with E-state index in [-0.39, 0.29) is 29.9 Å². The van der Waals surface area contributed by atoms with Crippen LogP contribution in [0.15, 0.2) is 54.7 Å². The first-order chi connectivity index (χ1) is 13.8. The molecule has 0 radical (unpaired) electrons. The molecule has 1 amide bonds. The van der Waals surface area contributed by atoms with Crippen molar-refractivity contribution < 1.29 is 13.6 Å². The van der Waals surface area contributed by atoms with Crippen LogP contribution in [0.25, 0.3) is 0 Å². The summed E-state index contributed by atoms with van der Waals surface area (Å²) in [5.41, 5.74) is 2.18. The first-order valence-electron chi connectivity index (χ1n) is 9.08. The number of hydrogen-bond acceptors (Lipinski definition) is 3. The molecule has 1 heterocycles. The molecule has 0 spiro atoms. The van der Waals surface area contributed by atoms with Crippen molar-refractivity contribution in [3.8, 4) is 0 Å². The van der Waals surface area contributed by atoms with Crippen LogP contribution in [-0.4, -0.2) is 10.9 Å². The Hall–Kier alpha value is -2.99. The van der Waals surface area contributed by atoms with E-state index >= 15 is 0 Å². The van der Waals surface area contributed by atoms with Crippen LogP contribution in [0.3, 0.4) is 0 Å². The minimum absolute atomic E-state index is 0.0364. The van der Waals surface area contributed by atoms with Crippen LogP contribution in [0.2, 0.25) is 5.02 Å². The quantitative estimate of drug-likeness (QED) is 0.534. The molecule has 29 heavy (non-hydrogen) atoms. The van der Waals surface area contributed by atoms with E-state index in [1.807, 2.05) is 13.8 Å². The number of aromatic nitrogens is 1. The number of anilines is 2. The Bertz CT molecular complexity index is 1020. The fourth-order valence-electron chi connectivity index (χ4n) is 2.82. The second-order valence-electron chi connectivity index (χ2n) is 6.87. The van der Waals surface area contributed by atoms with Gasteiger partial charge in [0.2, 0.25) is 0 Å². The van der Waals surface area contributed by atoms with Gasteiger partial charge in [0.15, 0.2) is 0 Å². The number of carbonyl (C=O) groups excluding carboxylic acids is 1. The third kappa shape index (κ3) is 5.29. The van der Waals surface area contributed by atoms with Gasteiger partial charge in [-0.2, -0.15) is 0 Å². The van der Waals surface area contributed by atoms with E-state index in [0.29, 0.717) is 16.4 Å². The highest BCUT2D eigenvalue weighted by atomic mass is 35.5. The van der Waals surface area contributed by atoms with Crippen LogP contribution in [0.1, 0.15) is 41.3 Å². The largest absolute Gasteiger partial charge is 0.348 e. The van der Waals surface area contributed by atoms with Gasteiger partial charge in [-0.25, -0.2) is 13.8 Å². The smallest absolute Gasteiger partial charge is 0.253 e. The molecule has 4 nitrogen and oxygen atoms in total. The Morgan fingerprint density at radius 1 is 1.10 bits per heavy atom. The standard InChI is InChI=1S/C22H20ClF2N3O/c1-13(2)17-10-21(28-20-9-15(23)5-8-19(20)25)26-12-18(17)22(29)27-11-14-3-6-16(24)7-4-14/h3-10,12-13H,11H2,1-2H3,(H,26,28)(H,27,29). The minimum atomic E-state index is -0.455. The summed E-state index contributed by atoms with van der Waals surface area (Å²) < 4.78 is 27.0. The molecule has 0 bridgehead atoms. The van der Waals surface area contributed by atoms with E-state index in [1.54, 1.807) is 18.2 Å². The van der Waals surface area contributed by atoms with Crippen LogP contribution in [0.4, 0.5) is 20.3 Å². The van der Waals surface area contributed by atoms with Crippen molar-refractivity contribution in [2.24, 2.45) is 0 Å². The fraction of sp³-hybridized carbons (Fsp3) is 0.182. The molecule has 0 aliphatic rings. The number of nitrogens with one attached hydrogen (secondary N) is 2. The highest BCUT2D eigenvalue weighted by molar-refractivity contribution is 6.30. The predicted octanol–water partition coefficient (Wildman–Crippen LogP) is 5.81. The summed E-state index contributed by atoms with van der Waals surface area (Å²) in [7, 11) is 0. The number of hydrogen-bond donors (Lipinski definition) is 2. The first-order valence-corrected chi connectivity index (χ1v) is 9.46. The lowest BCUT2D eigenvalue weighted by Gasteiger charge is -2.15.